The molecule has 110 valence electrons. The van der Waals surface area contributed by atoms with E-state index in [0.717, 1.165) is 11.1 Å². The Bertz CT molecular complexity index is 656. The Hall–Kier alpha value is -2.07. The monoisotopic (exact) mass is 307 g/mol. The van der Waals surface area contributed by atoms with Crippen LogP contribution in [0.15, 0.2) is 36.4 Å². The molecule has 1 N–H and O–H groups in total. The lowest BCUT2D eigenvalue weighted by atomic mass is 10.1. The van der Waals surface area contributed by atoms with Crippen molar-refractivity contribution in [2.45, 2.75) is 13.3 Å². The highest BCUT2D eigenvalue weighted by atomic mass is 35.5. The largest absolute Gasteiger partial charge is 0.495 e. The van der Waals surface area contributed by atoms with Crippen LogP contribution >= 0.6 is 11.6 Å². The van der Waals surface area contributed by atoms with E-state index in [1.54, 1.807) is 24.3 Å². The van der Waals surface area contributed by atoms with Gasteiger partial charge >= 0.3 is 0 Å². The zero-order valence-corrected chi connectivity index (χ0v) is 12.5. The summed E-state index contributed by atoms with van der Waals surface area (Å²) in [4.78, 5) is 12.0. The number of aryl methyl sites for hydroxylation is 1. The summed E-state index contributed by atoms with van der Waals surface area (Å²) in [5, 5.41) is 3.35. The second-order valence-electron chi connectivity index (χ2n) is 4.65. The molecule has 1 amide bonds. The molecule has 21 heavy (non-hydrogen) atoms. The summed E-state index contributed by atoms with van der Waals surface area (Å²) < 4.78 is 18.0. The molecule has 0 unspecified atom stereocenters. The molecule has 0 bridgehead atoms. The van der Waals surface area contributed by atoms with E-state index < -0.39 is 0 Å². The molecule has 5 heteroatoms. The number of anilines is 1. The zero-order valence-electron chi connectivity index (χ0n) is 11.7. The van der Waals surface area contributed by atoms with Crippen LogP contribution in [0.1, 0.15) is 11.1 Å². The molecule has 0 aromatic heterocycles. The fourth-order valence-electron chi connectivity index (χ4n) is 1.91. The van der Waals surface area contributed by atoms with Gasteiger partial charge in [0.05, 0.1) is 19.2 Å². The third-order valence-electron chi connectivity index (χ3n) is 3.03. The highest BCUT2D eigenvalue weighted by Gasteiger charge is 2.11. The Morgan fingerprint density at radius 2 is 1.95 bits per heavy atom. The average Bonchev–Trinajstić information content (AvgIpc) is 2.45. The van der Waals surface area contributed by atoms with E-state index in [9.17, 15) is 9.18 Å². The van der Waals surface area contributed by atoms with E-state index in [1.807, 2.05) is 6.92 Å². The molecule has 2 rings (SSSR count). The summed E-state index contributed by atoms with van der Waals surface area (Å²) in [7, 11) is 1.51. The predicted octanol–water partition coefficient (Wildman–Crippen LogP) is 3.98. The topological polar surface area (TPSA) is 38.3 Å². The number of carbonyl (C=O) groups is 1. The minimum atomic E-state index is -0.325. The van der Waals surface area contributed by atoms with Gasteiger partial charge in [-0.2, -0.15) is 0 Å². The molecular formula is C16H15ClFNO2. The number of amides is 1. The molecule has 0 aliphatic rings. The summed E-state index contributed by atoms with van der Waals surface area (Å²) in [6.07, 6.45) is 0.158. The second kappa shape index (κ2) is 6.59. The third kappa shape index (κ3) is 3.95. The number of ether oxygens (including phenoxy) is 1. The summed E-state index contributed by atoms with van der Waals surface area (Å²) in [6, 6.07) is 9.23. The molecule has 0 saturated heterocycles. The number of nitrogens with one attached hydrogen (secondary N) is 1. The highest BCUT2D eigenvalue weighted by Crippen LogP contribution is 2.31. The molecule has 0 atom stereocenters. The predicted molar refractivity (Wildman–Crippen MR) is 81.5 cm³/mol. The van der Waals surface area contributed by atoms with Gasteiger partial charge in [0.25, 0.3) is 0 Å². The fourth-order valence-corrected chi connectivity index (χ4v) is 2.07. The van der Waals surface area contributed by atoms with Crippen molar-refractivity contribution in [2.24, 2.45) is 0 Å². The lowest BCUT2D eigenvalue weighted by Crippen LogP contribution is -2.15. The van der Waals surface area contributed by atoms with Crippen molar-refractivity contribution in [2.75, 3.05) is 12.4 Å². The Morgan fingerprint density at radius 1 is 1.29 bits per heavy atom. The first-order valence-corrected chi connectivity index (χ1v) is 6.76. The first-order valence-electron chi connectivity index (χ1n) is 6.38. The van der Waals surface area contributed by atoms with Gasteiger partial charge in [-0.3, -0.25) is 4.79 Å². The van der Waals surface area contributed by atoms with E-state index in [1.165, 1.54) is 19.2 Å². The van der Waals surface area contributed by atoms with Crippen LogP contribution in [0.2, 0.25) is 5.02 Å². The maximum atomic E-state index is 12.8. The van der Waals surface area contributed by atoms with Gasteiger partial charge in [-0.15, -0.1) is 0 Å². The van der Waals surface area contributed by atoms with E-state index >= 15 is 0 Å². The third-order valence-corrected chi connectivity index (χ3v) is 3.44. The number of carbonyl (C=O) groups excluding carboxylic acids is 1. The molecule has 2 aromatic rings. The lowest BCUT2D eigenvalue weighted by molar-refractivity contribution is -0.115. The molecule has 0 saturated carbocycles. The maximum Gasteiger partial charge on any atom is 0.228 e. The summed E-state index contributed by atoms with van der Waals surface area (Å²) in [5.41, 5.74) is 2.14. The molecule has 0 spiro atoms. The van der Waals surface area contributed by atoms with Crippen LogP contribution in [-0.4, -0.2) is 13.0 Å². The average molecular weight is 308 g/mol. The SMILES string of the molecule is COc1cc(Cl)c(C)cc1NC(=O)Cc1ccc(F)cc1. The summed E-state index contributed by atoms with van der Waals surface area (Å²) in [6.45, 7) is 1.84. The van der Waals surface area contributed by atoms with Crippen molar-refractivity contribution in [3.05, 3.63) is 58.4 Å². The molecule has 0 aliphatic heterocycles. The smallest absolute Gasteiger partial charge is 0.228 e. The number of hydrogen-bond donors (Lipinski definition) is 1. The van der Waals surface area contributed by atoms with E-state index in [2.05, 4.69) is 5.32 Å². The van der Waals surface area contributed by atoms with E-state index in [0.29, 0.717) is 16.5 Å². The first-order chi connectivity index (χ1) is 9.99. The van der Waals surface area contributed by atoms with Gasteiger partial charge in [0, 0.05) is 11.1 Å². The molecule has 0 aliphatic carbocycles. The Morgan fingerprint density at radius 3 is 2.57 bits per heavy atom. The van der Waals surface area contributed by atoms with Crippen LogP contribution < -0.4 is 10.1 Å². The number of halogens is 2. The van der Waals surface area contributed by atoms with Gasteiger partial charge in [-0.05, 0) is 36.2 Å². The quantitative estimate of drug-likeness (QED) is 0.928. The van der Waals surface area contributed by atoms with Gasteiger partial charge in [-0.25, -0.2) is 4.39 Å². The van der Waals surface area contributed by atoms with Crippen molar-refractivity contribution in [3.8, 4) is 5.75 Å². The minimum absolute atomic E-state index is 0.158. The maximum absolute atomic E-state index is 12.8. The minimum Gasteiger partial charge on any atom is -0.495 e. The number of benzene rings is 2. The van der Waals surface area contributed by atoms with Crippen LogP contribution in [-0.2, 0) is 11.2 Å². The number of rotatable bonds is 4. The molecular weight excluding hydrogens is 293 g/mol. The lowest BCUT2D eigenvalue weighted by Gasteiger charge is -2.12. The van der Waals surface area contributed by atoms with Crippen LogP contribution in [0, 0.1) is 12.7 Å². The van der Waals surface area contributed by atoms with Crippen molar-refractivity contribution >= 4 is 23.2 Å². The van der Waals surface area contributed by atoms with Crippen LogP contribution in [0.3, 0.4) is 0 Å². The van der Waals surface area contributed by atoms with Crippen molar-refractivity contribution in [3.63, 3.8) is 0 Å². The molecule has 0 heterocycles. The molecule has 0 fully saturated rings. The Balaban J connectivity index is 2.12. The molecule has 2 aromatic carbocycles. The number of hydrogen-bond acceptors (Lipinski definition) is 2. The summed E-state index contributed by atoms with van der Waals surface area (Å²) in [5.74, 6) is -0.0335. The molecule has 3 nitrogen and oxygen atoms in total. The van der Waals surface area contributed by atoms with Crippen LogP contribution in [0.25, 0.3) is 0 Å². The van der Waals surface area contributed by atoms with Crippen LogP contribution in [0.5, 0.6) is 5.75 Å². The first kappa shape index (κ1) is 15.3. The standard InChI is InChI=1S/C16H15ClFNO2/c1-10-7-14(15(21-2)9-13(10)17)19-16(20)8-11-3-5-12(18)6-4-11/h3-7,9H,8H2,1-2H3,(H,19,20). The van der Waals surface area contributed by atoms with Gasteiger partial charge in [0.2, 0.25) is 5.91 Å². The van der Waals surface area contributed by atoms with E-state index in [-0.39, 0.29) is 18.1 Å². The Labute approximate surface area is 127 Å². The Kier molecular flexibility index (Phi) is 4.81. The highest BCUT2D eigenvalue weighted by molar-refractivity contribution is 6.31. The van der Waals surface area contributed by atoms with Crippen LogP contribution in [0.4, 0.5) is 10.1 Å². The fraction of sp³-hybridized carbons (Fsp3) is 0.188. The van der Waals surface area contributed by atoms with Gasteiger partial charge < -0.3 is 10.1 Å². The summed E-state index contributed by atoms with van der Waals surface area (Å²) >= 11 is 6.02. The van der Waals surface area contributed by atoms with Gasteiger partial charge in [0.15, 0.2) is 0 Å². The van der Waals surface area contributed by atoms with Crippen molar-refractivity contribution in [1.29, 1.82) is 0 Å². The van der Waals surface area contributed by atoms with Crippen molar-refractivity contribution in [1.82, 2.24) is 0 Å². The second-order valence-corrected chi connectivity index (χ2v) is 5.06. The van der Waals surface area contributed by atoms with Crippen molar-refractivity contribution < 1.29 is 13.9 Å². The number of methoxy groups -OCH3 is 1. The van der Waals surface area contributed by atoms with E-state index in [4.69, 9.17) is 16.3 Å². The molecule has 0 radical (unpaired) electrons. The zero-order chi connectivity index (χ0) is 15.4. The van der Waals surface area contributed by atoms with Gasteiger partial charge in [0.1, 0.15) is 11.6 Å². The normalized spacial score (nSPS) is 10.3. The van der Waals surface area contributed by atoms with Gasteiger partial charge in [-0.1, -0.05) is 23.7 Å².